The van der Waals surface area contributed by atoms with Crippen LogP contribution in [-0.4, -0.2) is 9.78 Å². The lowest BCUT2D eigenvalue weighted by Crippen LogP contribution is -2.30. The average molecular weight is 275 g/mol. The van der Waals surface area contributed by atoms with E-state index in [2.05, 4.69) is 5.10 Å². The summed E-state index contributed by atoms with van der Waals surface area (Å²) >= 11 is 0. The van der Waals surface area contributed by atoms with E-state index in [4.69, 9.17) is 5.73 Å². The Hall–Kier alpha value is -2.01. The summed E-state index contributed by atoms with van der Waals surface area (Å²) in [6.07, 6.45) is 0. The zero-order chi connectivity index (χ0) is 14.9. The molecule has 0 bridgehead atoms. The van der Waals surface area contributed by atoms with Gasteiger partial charge >= 0.3 is 0 Å². The number of halogens is 1. The van der Waals surface area contributed by atoms with Gasteiger partial charge in [-0.05, 0) is 29.7 Å². The van der Waals surface area contributed by atoms with Gasteiger partial charge in [-0.2, -0.15) is 5.10 Å². The van der Waals surface area contributed by atoms with Crippen LogP contribution in [0.3, 0.4) is 0 Å². The smallest absolute Gasteiger partial charge is 0.271 e. The zero-order valence-corrected chi connectivity index (χ0v) is 11.8. The summed E-state index contributed by atoms with van der Waals surface area (Å²) in [5.74, 6) is -0.132. The summed E-state index contributed by atoms with van der Waals surface area (Å²) in [7, 11) is 1.61. The van der Waals surface area contributed by atoms with E-state index < -0.39 is 6.04 Å². The number of aromatic nitrogens is 2. The van der Waals surface area contributed by atoms with Crippen molar-refractivity contribution in [2.45, 2.75) is 25.8 Å². The normalized spacial score (nSPS) is 12.7. The van der Waals surface area contributed by atoms with Gasteiger partial charge in [0.1, 0.15) is 5.82 Å². The van der Waals surface area contributed by atoms with Crippen molar-refractivity contribution in [2.75, 3.05) is 0 Å². The highest BCUT2D eigenvalue weighted by atomic mass is 19.1. The van der Waals surface area contributed by atoms with Crippen molar-refractivity contribution in [2.24, 2.45) is 12.8 Å². The first kappa shape index (κ1) is 14.4. The molecular weight excluding hydrogens is 257 g/mol. The number of benzene rings is 1. The number of nitrogens with two attached hydrogens (primary N) is 1. The van der Waals surface area contributed by atoms with Crippen molar-refractivity contribution in [1.82, 2.24) is 9.78 Å². The average Bonchev–Trinajstić information content (AvgIpc) is 2.41. The fourth-order valence-electron chi connectivity index (χ4n) is 2.01. The first-order chi connectivity index (χ1) is 9.40. The Kier molecular flexibility index (Phi) is 3.99. The minimum Gasteiger partial charge on any atom is -0.320 e. The maximum atomic E-state index is 12.9. The summed E-state index contributed by atoms with van der Waals surface area (Å²) in [6.45, 7) is 4.00. The van der Waals surface area contributed by atoms with E-state index in [0.29, 0.717) is 11.1 Å². The van der Waals surface area contributed by atoms with Crippen molar-refractivity contribution in [3.8, 4) is 0 Å². The molecule has 20 heavy (non-hydrogen) atoms. The van der Waals surface area contributed by atoms with Crippen molar-refractivity contribution in [3.05, 3.63) is 63.3 Å². The van der Waals surface area contributed by atoms with Gasteiger partial charge in [0.15, 0.2) is 0 Å². The first-order valence-electron chi connectivity index (χ1n) is 6.49. The van der Waals surface area contributed by atoms with Gasteiger partial charge in [-0.3, -0.25) is 4.79 Å². The van der Waals surface area contributed by atoms with Crippen LogP contribution in [0.15, 0.2) is 35.1 Å². The Balaban J connectivity index is 2.51. The second kappa shape index (κ2) is 5.54. The number of nitrogens with zero attached hydrogens (tertiary/aromatic N) is 2. The Labute approximate surface area is 117 Å². The summed E-state index contributed by atoms with van der Waals surface area (Å²) in [6, 6.07) is 7.01. The summed E-state index contributed by atoms with van der Waals surface area (Å²) in [5, 5.41) is 4.21. The predicted molar refractivity (Wildman–Crippen MR) is 76.0 cm³/mol. The molecule has 0 radical (unpaired) electrons. The quantitative estimate of drug-likeness (QED) is 0.933. The van der Waals surface area contributed by atoms with Crippen molar-refractivity contribution in [3.63, 3.8) is 0 Å². The van der Waals surface area contributed by atoms with Gasteiger partial charge in [-0.15, -0.1) is 0 Å². The van der Waals surface area contributed by atoms with Crippen LogP contribution in [0, 0.1) is 5.82 Å². The number of rotatable bonds is 3. The second-order valence-corrected chi connectivity index (χ2v) is 5.14. The monoisotopic (exact) mass is 275 g/mol. The number of hydrogen-bond donors (Lipinski definition) is 1. The number of aryl methyl sites for hydroxylation is 1. The zero-order valence-electron chi connectivity index (χ0n) is 11.8. The van der Waals surface area contributed by atoms with Crippen LogP contribution in [0.1, 0.15) is 42.6 Å². The lowest BCUT2D eigenvalue weighted by atomic mass is 9.99. The molecule has 4 nitrogen and oxygen atoms in total. The van der Waals surface area contributed by atoms with Gasteiger partial charge in [0.2, 0.25) is 0 Å². The minimum absolute atomic E-state index is 0.195. The second-order valence-electron chi connectivity index (χ2n) is 5.14. The molecule has 0 spiro atoms. The molecule has 106 valence electrons. The fourth-order valence-corrected chi connectivity index (χ4v) is 2.01. The molecule has 1 heterocycles. The summed E-state index contributed by atoms with van der Waals surface area (Å²) < 4.78 is 14.2. The molecule has 1 aromatic heterocycles. The third-order valence-corrected chi connectivity index (χ3v) is 3.27. The molecule has 0 aliphatic heterocycles. The fraction of sp³-hybridized carbons (Fsp3) is 0.333. The number of hydrogen-bond acceptors (Lipinski definition) is 3. The first-order valence-corrected chi connectivity index (χ1v) is 6.49. The minimum atomic E-state index is -0.588. The van der Waals surface area contributed by atoms with Crippen LogP contribution in [-0.2, 0) is 7.05 Å². The molecule has 2 rings (SSSR count). The Bertz CT molecular complexity index is 662. The highest BCUT2D eigenvalue weighted by molar-refractivity contribution is 5.31. The summed E-state index contributed by atoms with van der Waals surface area (Å²) in [5.41, 5.74) is 7.89. The Morgan fingerprint density at radius 3 is 2.40 bits per heavy atom. The van der Waals surface area contributed by atoms with Crippen LogP contribution in [0.25, 0.3) is 0 Å². The molecule has 1 atom stereocenters. The molecule has 2 aromatic rings. The SMILES string of the molecule is CC(C)c1cc(C(N)c2ccc(F)cc2)c(=O)n(C)n1. The molecule has 1 unspecified atom stereocenters. The van der Waals surface area contributed by atoms with Gasteiger partial charge in [0.25, 0.3) is 5.56 Å². The lowest BCUT2D eigenvalue weighted by molar-refractivity contribution is 0.623. The van der Waals surface area contributed by atoms with E-state index in [0.717, 1.165) is 5.69 Å². The predicted octanol–water partition coefficient (Wildman–Crippen LogP) is 2.09. The lowest BCUT2D eigenvalue weighted by Gasteiger charge is -2.15. The molecule has 0 aliphatic rings. The van der Waals surface area contributed by atoms with E-state index in [1.807, 2.05) is 13.8 Å². The molecule has 0 saturated heterocycles. The maximum absolute atomic E-state index is 12.9. The van der Waals surface area contributed by atoms with Gasteiger partial charge in [-0.1, -0.05) is 26.0 Å². The van der Waals surface area contributed by atoms with E-state index in [1.165, 1.54) is 16.8 Å². The van der Waals surface area contributed by atoms with E-state index >= 15 is 0 Å². The van der Waals surface area contributed by atoms with Gasteiger partial charge in [0.05, 0.1) is 11.7 Å². The highest BCUT2D eigenvalue weighted by Crippen LogP contribution is 2.19. The topological polar surface area (TPSA) is 60.9 Å². The summed E-state index contributed by atoms with van der Waals surface area (Å²) in [4.78, 5) is 12.2. The van der Waals surface area contributed by atoms with E-state index in [1.54, 1.807) is 25.2 Å². The van der Waals surface area contributed by atoms with Crippen LogP contribution in [0.5, 0.6) is 0 Å². The third-order valence-electron chi connectivity index (χ3n) is 3.27. The van der Waals surface area contributed by atoms with Crippen LogP contribution in [0.2, 0.25) is 0 Å². The molecule has 2 N–H and O–H groups in total. The molecular formula is C15H18FN3O. The Morgan fingerprint density at radius 2 is 1.85 bits per heavy atom. The highest BCUT2D eigenvalue weighted by Gasteiger charge is 2.16. The molecule has 1 aromatic carbocycles. The molecule has 0 fully saturated rings. The standard InChI is InChI=1S/C15H18FN3O/c1-9(2)13-8-12(15(20)19(3)18-13)14(17)10-4-6-11(16)7-5-10/h4-9,14H,17H2,1-3H3. The molecule has 0 saturated carbocycles. The largest absolute Gasteiger partial charge is 0.320 e. The van der Waals surface area contributed by atoms with Gasteiger partial charge in [-0.25, -0.2) is 9.07 Å². The van der Waals surface area contributed by atoms with Gasteiger partial charge in [0, 0.05) is 12.6 Å². The van der Waals surface area contributed by atoms with E-state index in [9.17, 15) is 9.18 Å². The maximum Gasteiger partial charge on any atom is 0.271 e. The van der Waals surface area contributed by atoms with E-state index in [-0.39, 0.29) is 17.3 Å². The van der Waals surface area contributed by atoms with Crippen LogP contribution in [0.4, 0.5) is 4.39 Å². The van der Waals surface area contributed by atoms with Crippen LogP contribution < -0.4 is 11.3 Å². The van der Waals surface area contributed by atoms with Crippen LogP contribution >= 0.6 is 0 Å². The molecule has 0 aliphatic carbocycles. The van der Waals surface area contributed by atoms with Crippen molar-refractivity contribution >= 4 is 0 Å². The van der Waals surface area contributed by atoms with Crippen molar-refractivity contribution in [1.29, 1.82) is 0 Å². The van der Waals surface area contributed by atoms with Crippen molar-refractivity contribution < 1.29 is 4.39 Å². The molecule has 0 amide bonds. The molecule has 5 heteroatoms. The Morgan fingerprint density at radius 1 is 1.25 bits per heavy atom. The van der Waals surface area contributed by atoms with Gasteiger partial charge < -0.3 is 5.73 Å². The third kappa shape index (κ3) is 2.77.